The van der Waals surface area contributed by atoms with Gasteiger partial charge in [0.15, 0.2) is 0 Å². The Morgan fingerprint density at radius 2 is 1.61 bits per heavy atom. The molecule has 0 aliphatic carbocycles. The van der Waals surface area contributed by atoms with Crippen LogP contribution < -0.4 is 15.9 Å². The van der Waals surface area contributed by atoms with Crippen LogP contribution in [0.15, 0.2) is 26.6 Å². The van der Waals surface area contributed by atoms with Gasteiger partial charge in [-0.1, -0.05) is 0 Å². The molecule has 0 bridgehead atoms. The van der Waals surface area contributed by atoms with Gasteiger partial charge in [0, 0.05) is 16.7 Å². The minimum absolute atomic E-state index is 0.0276. The number of hydrogen-bond acceptors (Lipinski definition) is 5. The highest BCUT2D eigenvalue weighted by Crippen LogP contribution is 2.29. The zero-order chi connectivity index (χ0) is 13.5. The van der Waals surface area contributed by atoms with Gasteiger partial charge >= 0.3 is 11.1 Å². The summed E-state index contributed by atoms with van der Waals surface area (Å²) in [5.74, 6) is -0.0276. The molecular formula is C9H7ClN2O5S. The number of aromatic nitrogens is 2. The second-order valence-electron chi connectivity index (χ2n) is 3.39. The minimum atomic E-state index is -4.03. The van der Waals surface area contributed by atoms with E-state index in [1.807, 2.05) is 0 Å². The summed E-state index contributed by atoms with van der Waals surface area (Å²) in [5.41, 5.74) is -1.35. The number of fused-ring (bicyclic) bond motifs is 1. The third kappa shape index (κ3) is 2.12. The predicted molar refractivity (Wildman–Crippen MR) is 64.8 cm³/mol. The van der Waals surface area contributed by atoms with Crippen LogP contribution in [0.2, 0.25) is 0 Å². The number of ether oxygens (including phenoxy) is 1. The number of H-pyrrole nitrogens is 2. The number of methoxy groups -OCH3 is 1. The normalized spacial score (nSPS) is 11.7. The molecule has 18 heavy (non-hydrogen) atoms. The van der Waals surface area contributed by atoms with E-state index in [-0.39, 0.29) is 21.7 Å². The molecule has 9 heteroatoms. The second-order valence-corrected chi connectivity index (χ2v) is 5.93. The van der Waals surface area contributed by atoms with Gasteiger partial charge in [-0.05, 0) is 6.07 Å². The highest BCUT2D eigenvalue weighted by molar-refractivity contribution is 8.13. The topological polar surface area (TPSA) is 109 Å². The molecule has 2 aromatic rings. The maximum Gasteiger partial charge on any atom is 0.314 e. The zero-order valence-corrected chi connectivity index (χ0v) is 10.6. The van der Waals surface area contributed by atoms with E-state index in [1.54, 1.807) is 0 Å². The number of aromatic amines is 2. The molecule has 7 nitrogen and oxygen atoms in total. The van der Waals surface area contributed by atoms with Crippen molar-refractivity contribution in [3.63, 3.8) is 0 Å². The van der Waals surface area contributed by atoms with E-state index in [0.29, 0.717) is 0 Å². The van der Waals surface area contributed by atoms with Crippen molar-refractivity contribution in [1.29, 1.82) is 0 Å². The second kappa shape index (κ2) is 4.14. The van der Waals surface area contributed by atoms with Crippen molar-refractivity contribution in [2.75, 3.05) is 7.11 Å². The Hall–Kier alpha value is -1.80. The molecule has 1 heterocycles. The van der Waals surface area contributed by atoms with Gasteiger partial charge in [-0.3, -0.25) is 9.59 Å². The third-order valence-corrected chi connectivity index (χ3v) is 3.61. The van der Waals surface area contributed by atoms with Crippen LogP contribution in [0.1, 0.15) is 0 Å². The fraction of sp³-hybridized carbons (Fsp3) is 0.111. The van der Waals surface area contributed by atoms with E-state index in [0.717, 1.165) is 6.07 Å². The van der Waals surface area contributed by atoms with Crippen molar-refractivity contribution < 1.29 is 13.2 Å². The molecule has 1 aromatic heterocycles. The fourth-order valence-electron chi connectivity index (χ4n) is 1.47. The molecule has 1 aromatic carbocycles. The quantitative estimate of drug-likeness (QED) is 0.604. The molecule has 2 N–H and O–H groups in total. The molecule has 0 saturated heterocycles. The predicted octanol–water partition coefficient (Wildman–Crippen LogP) is 0.152. The lowest BCUT2D eigenvalue weighted by Crippen LogP contribution is -2.28. The lowest BCUT2D eigenvalue weighted by molar-refractivity contribution is 0.404. The maximum atomic E-state index is 11.3. The molecule has 0 amide bonds. The highest BCUT2D eigenvalue weighted by Gasteiger charge is 2.18. The molecule has 0 atom stereocenters. The summed E-state index contributed by atoms with van der Waals surface area (Å²) in [4.78, 5) is 26.5. The van der Waals surface area contributed by atoms with E-state index in [1.165, 1.54) is 13.2 Å². The molecule has 0 aliphatic heterocycles. The van der Waals surface area contributed by atoms with E-state index in [9.17, 15) is 18.0 Å². The first-order valence-corrected chi connectivity index (χ1v) is 6.93. The van der Waals surface area contributed by atoms with Crippen molar-refractivity contribution in [1.82, 2.24) is 9.97 Å². The SMILES string of the molecule is COc1cc2[nH]c(=O)c(=O)[nH]c2cc1S(=O)(=O)Cl. The summed E-state index contributed by atoms with van der Waals surface area (Å²) in [6.07, 6.45) is 0. The minimum Gasteiger partial charge on any atom is -0.495 e. The fourth-order valence-corrected chi connectivity index (χ4v) is 2.48. The van der Waals surface area contributed by atoms with Crippen LogP contribution in [-0.4, -0.2) is 25.5 Å². The van der Waals surface area contributed by atoms with Gasteiger partial charge in [0.2, 0.25) is 0 Å². The van der Waals surface area contributed by atoms with Gasteiger partial charge < -0.3 is 14.7 Å². The Morgan fingerprint density at radius 3 is 2.06 bits per heavy atom. The summed E-state index contributed by atoms with van der Waals surface area (Å²) in [5, 5.41) is 0. The van der Waals surface area contributed by atoms with Crippen LogP contribution in [0.3, 0.4) is 0 Å². The molecule has 0 spiro atoms. The van der Waals surface area contributed by atoms with Gasteiger partial charge in [0.25, 0.3) is 9.05 Å². The average Bonchev–Trinajstić information content (AvgIpc) is 2.28. The third-order valence-electron chi connectivity index (χ3n) is 2.27. The smallest absolute Gasteiger partial charge is 0.314 e. The number of halogens is 1. The van der Waals surface area contributed by atoms with Crippen LogP contribution in [-0.2, 0) is 9.05 Å². The van der Waals surface area contributed by atoms with Crippen molar-refractivity contribution in [3.05, 3.63) is 32.8 Å². The van der Waals surface area contributed by atoms with Crippen LogP contribution in [0.4, 0.5) is 0 Å². The Labute approximate surface area is 105 Å². The first kappa shape index (κ1) is 12.7. The average molecular weight is 291 g/mol. The van der Waals surface area contributed by atoms with E-state index in [2.05, 4.69) is 9.97 Å². The maximum absolute atomic E-state index is 11.3. The van der Waals surface area contributed by atoms with Crippen LogP contribution in [0.25, 0.3) is 11.0 Å². The van der Waals surface area contributed by atoms with Crippen molar-refractivity contribution in [2.45, 2.75) is 4.90 Å². The number of nitrogens with one attached hydrogen (secondary N) is 2. The van der Waals surface area contributed by atoms with Gasteiger partial charge in [-0.25, -0.2) is 8.42 Å². The van der Waals surface area contributed by atoms with Gasteiger partial charge in [-0.2, -0.15) is 0 Å². The molecule has 0 fully saturated rings. The van der Waals surface area contributed by atoms with E-state index >= 15 is 0 Å². The number of rotatable bonds is 2. The van der Waals surface area contributed by atoms with Crippen molar-refractivity contribution in [2.24, 2.45) is 0 Å². The molecule has 96 valence electrons. The summed E-state index contributed by atoms with van der Waals surface area (Å²) >= 11 is 0. The largest absolute Gasteiger partial charge is 0.495 e. The van der Waals surface area contributed by atoms with E-state index in [4.69, 9.17) is 15.4 Å². The first-order chi connectivity index (χ1) is 8.32. The Kier molecular flexibility index (Phi) is 2.91. The van der Waals surface area contributed by atoms with Crippen LogP contribution in [0.5, 0.6) is 5.75 Å². The molecule has 2 rings (SSSR count). The molecule has 0 saturated carbocycles. The van der Waals surface area contributed by atoms with Gasteiger partial charge in [0.05, 0.1) is 18.1 Å². The number of benzene rings is 1. The molecule has 0 radical (unpaired) electrons. The molecule has 0 unspecified atom stereocenters. The Morgan fingerprint density at radius 1 is 1.11 bits per heavy atom. The first-order valence-electron chi connectivity index (χ1n) is 4.62. The number of hydrogen-bond donors (Lipinski definition) is 2. The van der Waals surface area contributed by atoms with Crippen LogP contribution in [0, 0.1) is 0 Å². The highest BCUT2D eigenvalue weighted by atomic mass is 35.7. The van der Waals surface area contributed by atoms with Gasteiger partial charge in [0.1, 0.15) is 10.6 Å². The Balaban J connectivity index is 2.95. The van der Waals surface area contributed by atoms with Crippen molar-refractivity contribution >= 4 is 30.8 Å². The Bertz CT molecular complexity index is 836. The lowest BCUT2D eigenvalue weighted by atomic mass is 10.3. The molecular weight excluding hydrogens is 284 g/mol. The van der Waals surface area contributed by atoms with E-state index < -0.39 is 20.2 Å². The summed E-state index contributed by atoms with van der Waals surface area (Å²) < 4.78 is 27.5. The monoisotopic (exact) mass is 290 g/mol. The summed E-state index contributed by atoms with van der Waals surface area (Å²) in [6.45, 7) is 0. The summed E-state index contributed by atoms with van der Waals surface area (Å²) in [6, 6.07) is 2.38. The summed E-state index contributed by atoms with van der Waals surface area (Å²) in [7, 11) is 2.48. The van der Waals surface area contributed by atoms with Gasteiger partial charge in [-0.15, -0.1) is 0 Å². The molecule has 0 aliphatic rings. The van der Waals surface area contributed by atoms with Crippen molar-refractivity contribution in [3.8, 4) is 5.75 Å². The zero-order valence-electron chi connectivity index (χ0n) is 8.98. The lowest BCUT2D eigenvalue weighted by Gasteiger charge is -2.07. The standard InChI is InChI=1S/C9H7ClN2O5S/c1-17-6-2-4-5(3-7(6)18(10,15)16)12-9(14)8(13)11-4/h2-3H,1H3,(H,11,13)(H,12,14). The van der Waals surface area contributed by atoms with Crippen LogP contribution >= 0.6 is 10.7 Å².